The predicted molar refractivity (Wildman–Crippen MR) is 106 cm³/mol. The first-order chi connectivity index (χ1) is 12.1. The van der Waals surface area contributed by atoms with Crippen LogP contribution >= 0.6 is 27.7 Å². The third-order valence-corrected chi connectivity index (χ3v) is 5.14. The van der Waals surface area contributed by atoms with Gasteiger partial charge in [0.25, 0.3) is 0 Å². The third-order valence-electron chi connectivity index (χ3n) is 3.61. The molecule has 128 valence electrons. The fraction of sp³-hybridized carbons (Fsp3) is 0.158. The minimum atomic E-state index is -0.0443. The van der Waals surface area contributed by atoms with Crippen molar-refractivity contribution in [1.82, 2.24) is 9.55 Å². The van der Waals surface area contributed by atoms with E-state index < -0.39 is 0 Å². The molecule has 1 amide bonds. The zero-order valence-electron chi connectivity index (χ0n) is 13.8. The number of thioether (sulfide) groups is 1. The Balaban J connectivity index is 1.56. The molecule has 0 saturated carbocycles. The molecule has 1 N–H and O–H groups in total. The average molecular weight is 416 g/mol. The molecule has 0 aliphatic heterocycles. The van der Waals surface area contributed by atoms with Gasteiger partial charge in [-0.2, -0.15) is 0 Å². The van der Waals surface area contributed by atoms with E-state index in [1.807, 2.05) is 30.5 Å². The highest BCUT2D eigenvalue weighted by molar-refractivity contribution is 9.10. The van der Waals surface area contributed by atoms with Gasteiger partial charge in [0, 0.05) is 29.1 Å². The van der Waals surface area contributed by atoms with Crippen LogP contribution in [-0.4, -0.2) is 21.2 Å². The van der Waals surface area contributed by atoms with Crippen molar-refractivity contribution in [3.8, 4) is 0 Å². The van der Waals surface area contributed by atoms with Crippen LogP contribution in [0.4, 0.5) is 5.69 Å². The first-order valence-corrected chi connectivity index (χ1v) is 9.63. The molecule has 0 spiro atoms. The average Bonchev–Trinajstić information content (AvgIpc) is 3.04. The molecule has 0 bridgehead atoms. The summed E-state index contributed by atoms with van der Waals surface area (Å²) >= 11 is 4.82. The maximum atomic E-state index is 12.1. The fourth-order valence-electron chi connectivity index (χ4n) is 2.31. The number of imidazole rings is 1. The second kappa shape index (κ2) is 8.36. The Bertz CT molecular complexity index is 844. The number of amides is 1. The largest absolute Gasteiger partial charge is 0.325 e. The number of hydrogen-bond donors (Lipinski definition) is 1. The van der Waals surface area contributed by atoms with Gasteiger partial charge in [0.15, 0.2) is 5.16 Å². The highest BCUT2D eigenvalue weighted by Crippen LogP contribution is 2.19. The molecule has 3 aromatic rings. The highest BCUT2D eigenvalue weighted by atomic mass is 79.9. The van der Waals surface area contributed by atoms with Crippen LogP contribution in [0.3, 0.4) is 0 Å². The summed E-state index contributed by atoms with van der Waals surface area (Å²) in [5, 5.41) is 3.73. The maximum absolute atomic E-state index is 12.1. The van der Waals surface area contributed by atoms with E-state index in [2.05, 4.69) is 62.0 Å². The van der Waals surface area contributed by atoms with Gasteiger partial charge in [0.05, 0.1) is 5.75 Å². The van der Waals surface area contributed by atoms with Gasteiger partial charge in [-0.15, -0.1) is 0 Å². The van der Waals surface area contributed by atoms with Crippen LogP contribution < -0.4 is 5.32 Å². The van der Waals surface area contributed by atoms with E-state index in [-0.39, 0.29) is 5.91 Å². The van der Waals surface area contributed by atoms with Gasteiger partial charge in [0.1, 0.15) is 0 Å². The van der Waals surface area contributed by atoms with Crippen LogP contribution in [0.1, 0.15) is 11.1 Å². The Hall–Kier alpha value is -2.05. The fourth-order valence-corrected chi connectivity index (χ4v) is 3.33. The van der Waals surface area contributed by atoms with Crippen LogP contribution in [-0.2, 0) is 11.3 Å². The molecule has 0 saturated heterocycles. The molecular formula is C19H18BrN3OS. The Morgan fingerprint density at radius 1 is 1.16 bits per heavy atom. The number of benzene rings is 2. The van der Waals surface area contributed by atoms with E-state index in [0.717, 1.165) is 21.9 Å². The van der Waals surface area contributed by atoms with Gasteiger partial charge in [-0.3, -0.25) is 4.79 Å². The molecule has 0 unspecified atom stereocenters. The SMILES string of the molecule is Cc1ccc(Cn2ccnc2SCC(=O)Nc2ccc(Br)cc2)cc1. The van der Waals surface area contributed by atoms with Gasteiger partial charge in [-0.05, 0) is 36.8 Å². The summed E-state index contributed by atoms with van der Waals surface area (Å²) in [5.41, 5.74) is 3.25. The third kappa shape index (κ3) is 5.21. The predicted octanol–water partition coefficient (Wildman–Crippen LogP) is 4.73. The molecule has 0 fully saturated rings. The summed E-state index contributed by atoms with van der Waals surface area (Å²) in [4.78, 5) is 16.5. The van der Waals surface area contributed by atoms with E-state index in [9.17, 15) is 4.79 Å². The van der Waals surface area contributed by atoms with Gasteiger partial charge in [-0.1, -0.05) is 57.5 Å². The van der Waals surface area contributed by atoms with Gasteiger partial charge in [-0.25, -0.2) is 4.98 Å². The van der Waals surface area contributed by atoms with Crippen molar-refractivity contribution in [3.63, 3.8) is 0 Å². The smallest absolute Gasteiger partial charge is 0.234 e. The van der Waals surface area contributed by atoms with Crippen molar-refractivity contribution in [3.05, 3.63) is 76.5 Å². The number of aromatic nitrogens is 2. The Labute approximate surface area is 159 Å². The zero-order chi connectivity index (χ0) is 17.6. The molecule has 4 nitrogen and oxygen atoms in total. The van der Waals surface area contributed by atoms with E-state index in [0.29, 0.717) is 5.75 Å². The number of halogens is 1. The second-order valence-electron chi connectivity index (χ2n) is 5.67. The molecule has 1 heterocycles. The summed E-state index contributed by atoms with van der Waals surface area (Å²) in [7, 11) is 0. The molecular weight excluding hydrogens is 398 g/mol. The normalized spacial score (nSPS) is 10.6. The van der Waals surface area contributed by atoms with Crippen molar-refractivity contribution in [2.75, 3.05) is 11.1 Å². The lowest BCUT2D eigenvalue weighted by Gasteiger charge is -2.08. The molecule has 0 atom stereocenters. The van der Waals surface area contributed by atoms with Crippen molar-refractivity contribution in [1.29, 1.82) is 0 Å². The number of anilines is 1. The minimum Gasteiger partial charge on any atom is -0.325 e. The summed E-state index contributed by atoms with van der Waals surface area (Å²) in [6.45, 7) is 2.82. The number of carbonyl (C=O) groups is 1. The van der Waals surface area contributed by atoms with E-state index in [1.165, 1.54) is 22.9 Å². The lowest BCUT2D eigenvalue weighted by molar-refractivity contribution is -0.113. The molecule has 3 rings (SSSR count). The summed E-state index contributed by atoms with van der Waals surface area (Å²) in [6.07, 6.45) is 3.71. The molecule has 6 heteroatoms. The number of rotatable bonds is 6. The lowest BCUT2D eigenvalue weighted by atomic mass is 10.1. The number of aryl methyl sites for hydroxylation is 1. The molecule has 1 aromatic heterocycles. The highest BCUT2D eigenvalue weighted by Gasteiger charge is 2.08. The Kier molecular flexibility index (Phi) is 5.94. The van der Waals surface area contributed by atoms with E-state index in [1.54, 1.807) is 6.20 Å². The van der Waals surface area contributed by atoms with E-state index in [4.69, 9.17) is 0 Å². The summed E-state index contributed by atoms with van der Waals surface area (Å²) < 4.78 is 3.04. The van der Waals surface area contributed by atoms with Gasteiger partial charge >= 0.3 is 0 Å². The first-order valence-electron chi connectivity index (χ1n) is 7.85. The number of carbonyl (C=O) groups excluding carboxylic acids is 1. The first kappa shape index (κ1) is 17.8. The van der Waals surface area contributed by atoms with Crippen molar-refractivity contribution >= 4 is 39.3 Å². The van der Waals surface area contributed by atoms with Crippen molar-refractivity contribution in [2.24, 2.45) is 0 Å². The molecule has 0 aliphatic rings. The monoisotopic (exact) mass is 415 g/mol. The standard InChI is InChI=1S/C19H18BrN3OS/c1-14-2-4-15(5-3-14)12-23-11-10-21-19(23)25-13-18(24)22-17-8-6-16(20)7-9-17/h2-11H,12-13H2,1H3,(H,22,24). The Morgan fingerprint density at radius 2 is 1.88 bits per heavy atom. The Morgan fingerprint density at radius 3 is 2.60 bits per heavy atom. The molecule has 2 aromatic carbocycles. The second-order valence-corrected chi connectivity index (χ2v) is 7.53. The maximum Gasteiger partial charge on any atom is 0.234 e. The number of nitrogens with zero attached hydrogens (tertiary/aromatic N) is 2. The van der Waals surface area contributed by atoms with Gasteiger partial charge in [0.2, 0.25) is 5.91 Å². The quantitative estimate of drug-likeness (QED) is 0.591. The topological polar surface area (TPSA) is 46.9 Å². The van der Waals surface area contributed by atoms with Crippen LogP contribution in [0.2, 0.25) is 0 Å². The van der Waals surface area contributed by atoms with Crippen LogP contribution in [0, 0.1) is 6.92 Å². The van der Waals surface area contributed by atoms with Crippen LogP contribution in [0.25, 0.3) is 0 Å². The number of hydrogen-bond acceptors (Lipinski definition) is 3. The minimum absolute atomic E-state index is 0.0443. The zero-order valence-corrected chi connectivity index (χ0v) is 16.2. The van der Waals surface area contributed by atoms with Crippen molar-refractivity contribution in [2.45, 2.75) is 18.6 Å². The van der Waals surface area contributed by atoms with Gasteiger partial charge < -0.3 is 9.88 Å². The number of nitrogens with one attached hydrogen (secondary N) is 1. The summed E-state index contributed by atoms with van der Waals surface area (Å²) in [5.74, 6) is 0.276. The lowest BCUT2D eigenvalue weighted by Crippen LogP contribution is -2.14. The molecule has 0 aliphatic carbocycles. The van der Waals surface area contributed by atoms with Crippen LogP contribution in [0.5, 0.6) is 0 Å². The van der Waals surface area contributed by atoms with E-state index >= 15 is 0 Å². The molecule has 0 radical (unpaired) electrons. The molecule has 25 heavy (non-hydrogen) atoms. The summed E-state index contributed by atoms with van der Waals surface area (Å²) in [6, 6.07) is 16.0. The van der Waals surface area contributed by atoms with Crippen molar-refractivity contribution < 1.29 is 4.79 Å². The van der Waals surface area contributed by atoms with Crippen LogP contribution in [0.15, 0.2) is 70.6 Å².